The molecule has 0 bridgehead atoms. The predicted octanol–water partition coefficient (Wildman–Crippen LogP) is 5.26. The van der Waals surface area contributed by atoms with Gasteiger partial charge in [0.1, 0.15) is 17.0 Å². The molecule has 2 aromatic carbocycles. The first-order chi connectivity index (χ1) is 12.3. The number of urea groups is 1. The van der Waals surface area contributed by atoms with E-state index < -0.39 is 34.8 Å². The maximum absolute atomic E-state index is 13.7. The summed E-state index contributed by atoms with van der Waals surface area (Å²) < 4.78 is 65.4. The Morgan fingerprint density at radius 3 is 2.62 bits per heavy atom. The molecular weight excluding hydrogens is 375 g/mol. The van der Waals surface area contributed by atoms with Crippen LogP contribution in [0.5, 0.6) is 0 Å². The van der Waals surface area contributed by atoms with Crippen LogP contribution in [-0.4, -0.2) is 23.2 Å². The highest BCUT2D eigenvalue weighted by molar-refractivity contribution is 7.99. The topological polar surface area (TPSA) is 32.3 Å². The molecule has 9 heteroatoms. The molecule has 1 atom stereocenters. The molecule has 0 spiro atoms. The van der Waals surface area contributed by atoms with Gasteiger partial charge in [0, 0.05) is 18.4 Å². The third kappa shape index (κ3) is 3.92. The predicted molar refractivity (Wildman–Crippen MR) is 88.7 cm³/mol. The van der Waals surface area contributed by atoms with Crippen molar-refractivity contribution < 1.29 is 26.7 Å². The van der Waals surface area contributed by atoms with Crippen molar-refractivity contribution in [2.45, 2.75) is 11.6 Å². The van der Waals surface area contributed by atoms with Gasteiger partial charge in [0.15, 0.2) is 0 Å². The average Bonchev–Trinajstić information content (AvgIpc) is 3.06. The number of nitrogens with zero attached hydrogens (tertiary/aromatic N) is 1. The van der Waals surface area contributed by atoms with Crippen molar-refractivity contribution >= 4 is 23.5 Å². The number of amides is 2. The number of nitrogens with one attached hydrogen (secondary N) is 1. The maximum atomic E-state index is 13.7. The van der Waals surface area contributed by atoms with E-state index in [9.17, 15) is 26.7 Å². The molecule has 3 rings (SSSR count). The first-order valence-corrected chi connectivity index (χ1v) is 8.62. The summed E-state index contributed by atoms with van der Waals surface area (Å²) in [5.74, 6) is -1.18. The Labute approximate surface area is 150 Å². The number of hydrogen-bond donors (Lipinski definition) is 1. The molecule has 0 saturated carbocycles. The number of carbonyl (C=O) groups excluding carboxylic acids is 1. The van der Waals surface area contributed by atoms with Crippen LogP contribution in [0, 0.1) is 11.6 Å². The molecular formula is C17H13F5N2OS. The number of carbonyl (C=O) groups is 1. The minimum Gasteiger partial charge on any atom is -0.308 e. The monoisotopic (exact) mass is 388 g/mol. The normalized spacial score (nSPS) is 17.4. The lowest BCUT2D eigenvalue weighted by Gasteiger charge is -2.25. The highest BCUT2D eigenvalue weighted by Crippen LogP contribution is 2.40. The summed E-state index contributed by atoms with van der Waals surface area (Å²) in [6.07, 6.45) is -4.48. The van der Waals surface area contributed by atoms with Crippen LogP contribution in [0.15, 0.2) is 42.5 Å². The van der Waals surface area contributed by atoms with Crippen LogP contribution in [0.1, 0.15) is 16.5 Å². The molecule has 1 saturated heterocycles. The molecule has 26 heavy (non-hydrogen) atoms. The number of benzene rings is 2. The molecule has 1 fully saturated rings. The second-order valence-corrected chi connectivity index (χ2v) is 6.78. The largest absolute Gasteiger partial charge is 0.416 e. The molecule has 0 aromatic heterocycles. The summed E-state index contributed by atoms with van der Waals surface area (Å²) in [5.41, 5.74) is -0.666. The van der Waals surface area contributed by atoms with Crippen molar-refractivity contribution in [3.8, 4) is 0 Å². The van der Waals surface area contributed by atoms with Crippen molar-refractivity contribution in [3.63, 3.8) is 0 Å². The Kier molecular flexibility index (Phi) is 5.08. The van der Waals surface area contributed by atoms with E-state index in [0.29, 0.717) is 23.9 Å². The second-order valence-electron chi connectivity index (χ2n) is 5.59. The molecule has 1 N–H and O–H groups in total. The summed E-state index contributed by atoms with van der Waals surface area (Å²) >= 11 is 1.31. The number of anilines is 1. The molecule has 2 aromatic rings. The molecule has 0 aliphatic carbocycles. The van der Waals surface area contributed by atoms with E-state index in [1.54, 1.807) is 0 Å². The lowest BCUT2D eigenvalue weighted by Crippen LogP contribution is -2.34. The Balaban J connectivity index is 1.81. The van der Waals surface area contributed by atoms with E-state index in [-0.39, 0.29) is 5.69 Å². The number of rotatable bonds is 2. The number of alkyl halides is 3. The van der Waals surface area contributed by atoms with Gasteiger partial charge in [-0.3, -0.25) is 0 Å². The summed E-state index contributed by atoms with van der Waals surface area (Å²) in [6, 6.07) is 6.82. The highest BCUT2D eigenvalue weighted by Gasteiger charge is 2.34. The molecule has 0 radical (unpaired) electrons. The molecule has 1 heterocycles. The summed E-state index contributed by atoms with van der Waals surface area (Å²) in [6.45, 7) is 0.292. The van der Waals surface area contributed by atoms with E-state index in [1.807, 2.05) is 0 Å². The van der Waals surface area contributed by atoms with Gasteiger partial charge in [0.05, 0.1) is 11.3 Å². The van der Waals surface area contributed by atoms with E-state index in [2.05, 4.69) is 5.32 Å². The molecule has 2 amide bonds. The fourth-order valence-electron chi connectivity index (χ4n) is 2.60. The quantitative estimate of drug-likeness (QED) is 0.712. The second kappa shape index (κ2) is 7.14. The summed E-state index contributed by atoms with van der Waals surface area (Å²) in [7, 11) is 0. The van der Waals surface area contributed by atoms with Gasteiger partial charge in [0.2, 0.25) is 0 Å². The van der Waals surface area contributed by atoms with Crippen LogP contribution in [0.4, 0.5) is 32.4 Å². The zero-order chi connectivity index (χ0) is 18.9. The van der Waals surface area contributed by atoms with Crippen molar-refractivity contribution in [1.82, 2.24) is 4.90 Å². The lowest BCUT2D eigenvalue weighted by atomic mass is 10.1. The Morgan fingerprint density at radius 2 is 1.92 bits per heavy atom. The summed E-state index contributed by atoms with van der Waals surface area (Å²) in [5, 5.41) is 1.71. The third-order valence-corrected chi connectivity index (χ3v) is 5.08. The van der Waals surface area contributed by atoms with Gasteiger partial charge in [-0.15, -0.1) is 11.8 Å². The number of halogens is 5. The molecule has 138 valence electrons. The Bertz CT molecular complexity index is 827. The zero-order valence-corrected chi connectivity index (χ0v) is 14.0. The van der Waals surface area contributed by atoms with Crippen LogP contribution in [0.3, 0.4) is 0 Å². The van der Waals surface area contributed by atoms with Crippen molar-refractivity contribution in [1.29, 1.82) is 0 Å². The minimum absolute atomic E-state index is 0.198. The van der Waals surface area contributed by atoms with Gasteiger partial charge in [0.25, 0.3) is 0 Å². The van der Waals surface area contributed by atoms with Gasteiger partial charge >= 0.3 is 12.2 Å². The van der Waals surface area contributed by atoms with Crippen LogP contribution in [0.25, 0.3) is 0 Å². The van der Waals surface area contributed by atoms with Crippen LogP contribution in [-0.2, 0) is 6.18 Å². The standard InChI is InChI=1S/C17H13F5N2OS/c18-12-4-5-14(13(19)9-12)23-16(25)24-6-7-26-15(24)10-2-1-3-11(8-10)17(20,21)22/h1-5,8-9,15H,6-7H2,(H,23,25)/t15-/m1/s1. The van der Waals surface area contributed by atoms with E-state index in [1.165, 1.54) is 28.8 Å². The van der Waals surface area contributed by atoms with E-state index >= 15 is 0 Å². The minimum atomic E-state index is -4.48. The maximum Gasteiger partial charge on any atom is 0.416 e. The van der Waals surface area contributed by atoms with Gasteiger partial charge in [-0.25, -0.2) is 13.6 Å². The fraction of sp³-hybridized carbons (Fsp3) is 0.235. The Hall–Kier alpha value is -2.29. The van der Waals surface area contributed by atoms with Crippen molar-refractivity contribution in [3.05, 3.63) is 65.2 Å². The van der Waals surface area contributed by atoms with E-state index in [0.717, 1.165) is 24.3 Å². The van der Waals surface area contributed by atoms with Gasteiger partial charge in [-0.05, 0) is 29.8 Å². The fourth-order valence-corrected chi connectivity index (χ4v) is 3.85. The number of thioether (sulfide) groups is 1. The van der Waals surface area contributed by atoms with Gasteiger partial charge in [-0.2, -0.15) is 13.2 Å². The zero-order valence-electron chi connectivity index (χ0n) is 13.2. The SMILES string of the molecule is O=C(Nc1ccc(F)cc1F)N1CCS[C@@H]1c1cccc(C(F)(F)F)c1. The van der Waals surface area contributed by atoms with Gasteiger partial charge in [-0.1, -0.05) is 12.1 Å². The molecule has 0 unspecified atom stereocenters. The van der Waals surface area contributed by atoms with Crippen LogP contribution < -0.4 is 5.32 Å². The summed E-state index contributed by atoms with van der Waals surface area (Å²) in [4.78, 5) is 13.8. The first-order valence-electron chi connectivity index (χ1n) is 7.57. The molecule has 1 aliphatic rings. The van der Waals surface area contributed by atoms with Crippen LogP contribution in [0.2, 0.25) is 0 Å². The Morgan fingerprint density at radius 1 is 1.15 bits per heavy atom. The van der Waals surface area contributed by atoms with Crippen LogP contribution >= 0.6 is 11.8 Å². The van der Waals surface area contributed by atoms with Gasteiger partial charge < -0.3 is 10.2 Å². The average molecular weight is 388 g/mol. The first kappa shape index (κ1) is 18.5. The van der Waals surface area contributed by atoms with Crippen molar-refractivity contribution in [2.24, 2.45) is 0 Å². The third-order valence-electron chi connectivity index (χ3n) is 3.82. The highest BCUT2D eigenvalue weighted by atomic mass is 32.2. The van der Waals surface area contributed by atoms with E-state index in [4.69, 9.17) is 0 Å². The molecule has 1 aliphatic heterocycles. The van der Waals surface area contributed by atoms with Crippen molar-refractivity contribution in [2.75, 3.05) is 17.6 Å². The smallest absolute Gasteiger partial charge is 0.308 e. The lowest BCUT2D eigenvalue weighted by molar-refractivity contribution is -0.137. The number of hydrogen-bond acceptors (Lipinski definition) is 2. The molecule has 3 nitrogen and oxygen atoms in total.